The van der Waals surface area contributed by atoms with Crippen molar-refractivity contribution in [3.05, 3.63) is 77.1 Å². The van der Waals surface area contributed by atoms with Gasteiger partial charge in [-0.3, -0.25) is 9.36 Å². The quantitative estimate of drug-likeness (QED) is 0.231. The Morgan fingerprint density at radius 1 is 1.17 bits per heavy atom. The summed E-state index contributed by atoms with van der Waals surface area (Å²) in [5, 5.41) is 3.46. The normalized spacial score (nSPS) is 18.1. The maximum absolute atomic E-state index is 12.9. The van der Waals surface area contributed by atoms with E-state index in [2.05, 4.69) is 10.1 Å². The van der Waals surface area contributed by atoms with Gasteiger partial charge in [0.2, 0.25) is 0 Å². The molecule has 1 unspecified atom stereocenters. The molecule has 2 aliphatic rings. The van der Waals surface area contributed by atoms with Crippen molar-refractivity contribution in [3.8, 4) is 17.2 Å². The lowest BCUT2D eigenvalue weighted by Gasteiger charge is -2.18. The number of nitrogens with zero attached hydrogens (tertiary/aromatic N) is 2. The van der Waals surface area contributed by atoms with Crippen molar-refractivity contribution >= 4 is 22.7 Å². The van der Waals surface area contributed by atoms with Crippen molar-refractivity contribution in [1.82, 2.24) is 9.55 Å². The van der Waals surface area contributed by atoms with E-state index in [0.717, 1.165) is 46.7 Å². The van der Waals surface area contributed by atoms with Crippen LogP contribution in [-0.2, 0) is 20.8 Å². The Labute approximate surface area is 240 Å². The molecule has 0 amide bonds. The van der Waals surface area contributed by atoms with Crippen LogP contribution < -0.4 is 14.8 Å². The van der Waals surface area contributed by atoms with Crippen LogP contribution in [-0.4, -0.2) is 42.2 Å². The van der Waals surface area contributed by atoms with Gasteiger partial charge < -0.3 is 24.3 Å². The molecule has 2 atom stereocenters. The number of hydrogen-bond donors (Lipinski definition) is 1. The van der Waals surface area contributed by atoms with E-state index in [1.54, 1.807) is 6.07 Å². The number of fused-ring (bicyclic) bond motifs is 2. The minimum Gasteiger partial charge on any atom is -0.493 e. The fraction of sp³-hybridized carbons (Fsp3) is 0.355. The maximum Gasteiger partial charge on any atom is 0.573 e. The monoisotopic (exact) mass is 581 g/mol. The van der Waals surface area contributed by atoms with Crippen molar-refractivity contribution in [2.45, 2.75) is 51.1 Å². The summed E-state index contributed by atoms with van der Waals surface area (Å²) in [5.41, 5.74) is 5.83. The minimum absolute atomic E-state index is 0.0282. The predicted molar refractivity (Wildman–Crippen MR) is 149 cm³/mol. The minimum atomic E-state index is -4.79. The SMILES string of the molecule is COC(=O)C[C@@H]1COc2cc(NCc3cccc(-n4c(C5CCCO5)nc5cc(OC(F)(F)F)ccc54)c3C)ccc21. The molecule has 2 aliphatic heterocycles. The highest BCUT2D eigenvalue weighted by atomic mass is 19.4. The summed E-state index contributed by atoms with van der Waals surface area (Å²) < 4.78 is 61.3. The number of carbonyl (C=O) groups is 1. The maximum atomic E-state index is 12.9. The molecule has 220 valence electrons. The highest BCUT2D eigenvalue weighted by Gasteiger charge is 2.32. The molecule has 3 heterocycles. The first-order valence-corrected chi connectivity index (χ1v) is 13.8. The lowest BCUT2D eigenvalue weighted by Crippen LogP contribution is -2.17. The van der Waals surface area contributed by atoms with E-state index in [1.807, 2.05) is 47.9 Å². The van der Waals surface area contributed by atoms with Gasteiger partial charge in [0.15, 0.2) is 0 Å². The van der Waals surface area contributed by atoms with Crippen LogP contribution in [0, 0.1) is 6.92 Å². The molecule has 0 aliphatic carbocycles. The van der Waals surface area contributed by atoms with Gasteiger partial charge in [0.25, 0.3) is 0 Å². The second-order valence-electron chi connectivity index (χ2n) is 10.5. The van der Waals surface area contributed by atoms with Gasteiger partial charge in [0.1, 0.15) is 23.4 Å². The summed E-state index contributed by atoms with van der Waals surface area (Å²) in [5.74, 6) is 0.789. The number of aromatic nitrogens is 2. The molecule has 0 bridgehead atoms. The zero-order valence-electron chi connectivity index (χ0n) is 23.2. The number of esters is 1. The van der Waals surface area contributed by atoms with Crippen LogP contribution in [0.4, 0.5) is 18.9 Å². The number of nitrogens with one attached hydrogen (secondary N) is 1. The Bertz CT molecular complexity index is 1630. The number of alkyl halides is 3. The number of rotatable bonds is 8. The molecule has 3 aromatic carbocycles. The van der Waals surface area contributed by atoms with E-state index in [1.165, 1.54) is 19.2 Å². The third-order valence-electron chi connectivity index (χ3n) is 7.78. The summed E-state index contributed by atoms with van der Waals surface area (Å²) in [4.78, 5) is 16.5. The second-order valence-corrected chi connectivity index (χ2v) is 10.5. The number of methoxy groups -OCH3 is 1. The van der Waals surface area contributed by atoms with Gasteiger partial charge in [-0.2, -0.15) is 0 Å². The van der Waals surface area contributed by atoms with E-state index in [9.17, 15) is 18.0 Å². The number of anilines is 1. The molecule has 1 fully saturated rings. The Hall–Kier alpha value is -4.25. The standard InChI is InChI=1S/C31H30F3N3O5/c1-18-19(16-35-21-8-10-23-20(13-29(38)39-2)17-41-28(23)14-21)5-3-6-25(18)37-26-11-9-22(42-31(32,33)34)15-24(26)36-30(37)27-7-4-12-40-27/h3,5-6,8-11,14-15,20,27,35H,4,7,12-13,16-17H2,1-2H3/t20-,27?/m1/s1. The first kappa shape index (κ1) is 27.9. The Kier molecular flexibility index (Phi) is 7.44. The van der Waals surface area contributed by atoms with Crippen molar-refractivity contribution in [3.63, 3.8) is 0 Å². The van der Waals surface area contributed by atoms with E-state index >= 15 is 0 Å². The lowest BCUT2D eigenvalue weighted by molar-refractivity contribution is -0.274. The highest BCUT2D eigenvalue weighted by molar-refractivity contribution is 5.80. The van der Waals surface area contributed by atoms with Crippen molar-refractivity contribution in [2.75, 3.05) is 25.6 Å². The molecule has 1 saturated heterocycles. The predicted octanol–water partition coefficient (Wildman–Crippen LogP) is 6.74. The topological polar surface area (TPSA) is 83.8 Å². The van der Waals surface area contributed by atoms with Crippen LogP contribution in [0.2, 0.25) is 0 Å². The molecule has 0 radical (unpaired) electrons. The van der Waals surface area contributed by atoms with Crippen molar-refractivity contribution < 1.29 is 36.9 Å². The summed E-state index contributed by atoms with van der Waals surface area (Å²) >= 11 is 0. The molecule has 1 aromatic heterocycles. The van der Waals surface area contributed by atoms with Crippen LogP contribution in [0.1, 0.15) is 53.8 Å². The van der Waals surface area contributed by atoms with Crippen LogP contribution in [0.15, 0.2) is 54.6 Å². The van der Waals surface area contributed by atoms with Crippen LogP contribution in [0.5, 0.6) is 11.5 Å². The molecular weight excluding hydrogens is 551 g/mol. The number of ether oxygens (including phenoxy) is 4. The molecule has 0 spiro atoms. The molecule has 11 heteroatoms. The third kappa shape index (κ3) is 5.61. The van der Waals surface area contributed by atoms with Crippen LogP contribution in [0.3, 0.4) is 0 Å². The van der Waals surface area contributed by atoms with E-state index < -0.39 is 6.36 Å². The van der Waals surface area contributed by atoms with Gasteiger partial charge in [-0.25, -0.2) is 4.98 Å². The Balaban J connectivity index is 1.28. The number of hydrogen-bond acceptors (Lipinski definition) is 7. The van der Waals surface area contributed by atoms with Gasteiger partial charge in [0, 0.05) is 42.5 Å². The molecular formula is C31H30F3N3O5. The van der Waals surface area contributed by atoms with Gasteiger partial charge >= 0.3 is 12.3 Å². The summed E-state index contributed by atoms with van der Waals surface area (Å²) in [6.07, 6.45) is -3.12. The molecule has 42 heavy (non-hydrogen) atoms. The van der Waals surface area contributed by atoms with Crippen molar-refractivity contribution in [1.29, 1.82) is 0 Å². The Morgan fingerprint density at radius 3 is 2.79 bits per heavy atom. The summed E-state index contributed by atoms with van der Waals surface area (Å²) in [7, 11) is 1.38. The average molecular weight is 582 g/mol. The van der Waals surface area contributed by atoms with Crippen LogP contribution in [0.25, 0.3) is 16.7 Å². The average Bonchev–Trinajstić information content (AvgIpc) is 3.70. The summed E-state index contributed by atoms with van der Waals surface area (Å²) in [6, 6.07) is 16.1. The summed E-state index contributed by atoms with van der Waals surface area (Å²) in [6.45, 7) is 3.58. The molecule has 4 aromatic rings. The second kappa shape index (κ2) is 11.2. The first-order chi connectivity index (χ1) is 20.2. The van der Waals surface area contributed by atoms with E-state index in [-0.39, 0.29) is 30.2 Å². The molecule has 0 saturated carbocycles. The van der Waals surface area contributed by atoms with Crippen LogP contribution >= 0.6 is 0 Å². The third-order valence-corrected chi connectivity index (χ3v) is 7.78. The zero-order chi connectivity index (χ0) is 29.4. The van der Waals surface area contributed by atoms with Gasteiger partial charge in [-0.1, -0.05) is 18.2 Å². The van der Waals surface area contributed by atoms with Crippen molar-refractivity contribution in [2.24, 2.45) is 0 Å². The Morgan fingerprint density at radius 2 is 2.02 bits per heavy atom. The first-order valence-electron chi connectivity index (χ1n) is 13.8. The van der Waals surface area contributed by atoms with E-state index in [0.29, 0.717) is 36.6 Å². The number of carbonyl (C=O) groups excluding carboxylic acids is 1. The van der Waals surface area contributed by atoms with E-state index in [4.69, 9.17) is 19.2 Å². The fourth-order valence-corrected chi connectivity index (χ4v) is 5.67. The zero-order valence-corrected chi connectivity index (χ0v) is 23.2. The largest absolute Gasteiger partial charge is 0.573 e. The number of benzene rings is 3. The van der Waals surface area contributed by atoms with Gasteiger partial charge in [-0.15, -0.1) is 13.2 Å². The lowest BCUT2D eigenvalue weighted by atomic mass is 9.97. The van der Waals surface area contributed by atoms with Gasteiger partial charge in [-0.05, 0) is 55.2 Å². The smallest absolute Gasteiger partial charge is 0.493 e. The molecule has 1 N–H and O–H groups in total. The van der Waals surface area contributed by atoms with Gasteiger partial charge in [0.05, 0.1) is 36.9 Å². The number of imidazole rings is 1. The highest BCUT2D eigenvalue weighted by Crippen LogP contribution is 2.39. The molecule has 6 rings (SSSR count). The molecule has 8 nitrogen and oxygen atoms in total. The fourth-order valence-electron chi connectivity index (χ4n) is 5.67. The number of halogens is 3.